The second-order valence-electron chi connectivity index (χ2n) is 16.0. The molecule has 1 aliphatic carbocycles. The third-order valence-electron chi connectivity index (χ3n) is 11.7. The minimum atomic E-state index is -4.71. The third-order valence-corrected chi connectivity index (χ3v) is 12.4. The Kier molecular flexibility index (Phi) is 12.4. The Hall–Kier alpha value is -5.61. The highest BCUT2D eigenvalue weighted by Gasteiger charge is 2.71. The Morgan fingerprint density at radius 2 is 1.58 bits per heavy atom. The van der Waals surface area contributed by atoms with Gasteiger partial charge in [0.05, 0.1) is 34.3 Å². The number of allylic oxidation sites excluding steroid dienone is 1. The van der Waals surface area contributed by atoms with Crippen LogP contribution in [0.3, 0.4) is 0 Å². The maximum atomic E-state index is 15.6. The molecule has 326 valence electrons. The predicted molar refractivity (Wildman–Crippen MR) is 221 cm³/mol. The summed E-state index contributed by atoms with van der Waals surface area (Å²) in [5.41, 5.74) is 0.168. The van der Waals surface area contributed by atoms with E-state index in [0.29, 0.717) is 6.54 Å². The molecule has 4 heterocycles. The second-order valence-corrected chi connectivity index (χ2v) is 16.8. The van der Waals surface area contributed by atoms with Gasteiger partial charge in [-0.05, 0) is 73.6 Å². The van der Waals surface area contributed by atoms with Crippen molar-refractivity contribution in [1.29, 1.82) is 0 Å². The lowest BCUT2D eigenvalue weighted by molar-refractivity contribution is -0.204. The number of hydrogen-bond acceptors (Lipinski definition) is 7. The van der Waals surface area contributed by atoms with Crippen LogP contribution in [0.1, 0.15) is 70.1 Å². The number of nitrogens with zero attached hydrogens (tertiary/aromatic N) is 7. The van der Waals surface area contributed by atoms with Crippen molar-refractivity contribution in [3.63, 3.8) is 0 Å². The van der Waals surface area contributed by atoms with E-state index in [0.717, 1.165) is 58.7 Å². The van der Waals surface area contributed by atoms with E-state index in [2.05, 4.69) is 21.9 Å². The molecule has 3 fully saturated rings. The largest absolute Gasteiger partial charge is 0.419 e. The first-order chi connectivity index (χ1) is 29.4. The van der Waals surface area contributed by atoms with Crippen molar-refractivity contribution in [2.75, 3.05) is 38.1 Å². The van der Waals surface area contributed by atoms with E-state index in [4.69, 9.17) is 27.6 Å². The van der Waals surface area contributed by atoms with Crippen molar-refractivity contribution in [1.82, 2.24) is 29.8 Å². The number of alkyl halides is 5. The first-order valence-electron chi connectivity index (χ1n) is 19.7. The molecule has 18 heteroatoms. The number of carbonyl (C=O) groups is 3. The van der Waals surface area contributed by atoms with Crippen molar-refractivity contribution >= 4 is 47.1 Å². The molecule has 1 spiro atoms. The molecular weight excluding hydrogens is 856 g/mol. The molecule has 3 amide bonds. The van der Waals surface area contributed by atoms with Gasteiger partial charge in [-0.15, -0.1) is 16.8 Å². The van der Waals surface area contributed by atoms with Gasteiger partial charge in [0, 0.05) is 56.1 Å². The summed E-state index contributed by atoms with van der Waals surface area (Å²) in [4.78, 5) is 42.3. The molecule has 8 rings (SSSR count). The van der Waals surface area contributed by atoms with Crippen LogP contribution in [0.15, 0.2) is 96.2 Å². The summed E-state index contributed by atoms with van der Waals surface area (Å²) in [5, 5.41) is 11.9. The van der Waals surface area contributed by atoms with Crippen LogP contribution in [0.25, 0.3) is 0 Å². The van der Waals surface area contributed by atoms with Crippen LogP contribution in [0, 0.1) is 10.8 Å². The first kappa shape index (κ1) is 44.4. The van der Waals surface area contributed by atoms with Crippen LogP contribution >= 0.6 is 23.2 Å². The molecule has 5 aromatic rings. The number of aromatic nitrogens is 4. The van der Waals surface area contributed by atoms with Gasteiger partial charge in [-0.25, -0.2) is 0 Å². The number of halogens is 7. The second kappa shape index (κ2) is 17.3. The molecule has 2 saturated heterocycles. The SMILES string of the molecule is C=CC.CN(C=O)c1cccc(CCc2ccc(Cn3cc(C(=O)N4CC(c5nnc(C(F)(F)c6ccc(Cl)c(Cl)c6)o5)C5(C4)CN(C(=O)C4(C(F)(F)F)CC4)C5)cn3)cc2)c1. The fraction of sp³-hybridized carbons (Fsp3) is 0.364. The van der Waals surface area contributed by atoms with E-state index < -0.39 is 52.1 Å². The zero-order valence-corrected chi connectivity index (χ0v) is 35.2. The Bertz CT molecular complexity index is 2460. The van der Waals surface area contributed by atoms with Crippen molar-refractivity contribution in [3.8, 4) is 0 Å². The normalized spacial score (nSPS) is 17.5. The van der Waals surface area contributed by atoms with E-state index in [9.17, 15) is 27.6 Å². The summed E-state index contributed by atoms with van der Waals surface area (Å²) in [6, 6.07) is 19.0. The highest BCUT2D eigenvalue weighted by molar-refractivity contribution is 6.42. The maximum absolute atomic E-state index is 15.6. The molecule has 1 saturated carbocycles. The van der Waals surface area contributed by atoms with Gasteiger partial charge in [0.25, 0.3) is 11.8 Å². The Labute approximate surface area is 364 Å². The van der Waals surface area contributed by atoms with Gasteiger partial charge < -0.3 is 19.1 Å². The topological polar surface area (TPSA) is 118 Å². The maximum Gasteiger partial charge on any atom is 0.403 e. The molecule has 0 radical (unpaired) electrons. The average molecular weight is 899 g/mol. The Morgan fingerprint density at radius 1 is 0.919 bits per heavy atom. The molecule has 0 N–H and O–H groups in total. The highest BCUT2D eigenvalue weighted by atomic mass is 35.5. The molecule has 2 aromatic heterocycles. The van der Waals surface area contributed by atoms with Gasteiger partial charge in [-0.1, -0.05) is 71.7 Å². The summed E-state index contributed by atoms with van der Waals surface area (Å²) in [6.07, 6.45) is 1.74. The lowest BCUT2D eigenvalue weighted by atomic mass is 9.71. The van der Waals surface area contributed by atoms with E-state index in [1.54, 1.807) is 24.0 Å². The van der Waals surface area contributed by atoms with Crippen LogP contribution < -0.4 is 4.90 Å². The van der Waals surface area contributed by atoms with Crippen molar-refractivity contribution < 1.29 is 40.8 Å². The molecule has 0 bridgehead atoms. The molecule has 3 aromatic carbocycles. The zero-order chi connectivity index (χ0) is 44.6. The zero-order valence-electron chi connectivity index (χ0n) is 33.7. The van der Waals surface area contributed by atoms with Crippen LogP contribution in [-0.2, 0) is 34.9 Å². The minimum absolute atomic E-state index is 0.00901. The number of carbonyl (C=O) groups excluding carboxylic acids is 3. The lowest BCUT2D eigenvalue weighted by Crippen LogP contribution is -2.64. The quantitative estimate of drug-likeness (QED) is 0.0699. The van der Waals surface area contributed by atoms with Crippen molar-refractivity contribution in [3.05, 3.63) is 141 Å². The minimum Gasteiger partial charge on any atom is -0.419 e. The number of rotatable bonds is 12. The number of anilines is 1. The molecule has 11 nitrogen and oxygen atoms in total. The van der Waals surface area contributed by atoms with Gasteiger partial charge in [-0.2, -0.15) is 27.1 Å². The van der Waals surface area contributed by atoms with Gasteiger partial charge >= 0.3 is 12.1 Å². The smallest absolute Gasteiger partial charge is 0.403 e. The Balaban J connectivity index is 0.00000187. The monoisotopic (exact) mass is 897 g/mol. The Morgan fingerprint density at radius 3 is 2.23 bits per heavy atom. The summed E-state index contributed by atoms with van der Waals surface area (Å²) in [7, 11) is 1.70. The van der Waals surface area contributed by atoms with Gasteiger partial charge in [0.2, 0.25) is 18.2 Å². The average Bonchev–Trinajstić information content (AvgIpc) is 3.52. The third kappa shape index (κ3) is 8.71. The summed E-state index contributed by atoms with van der Waals surface area (Å²) >= 11 is 11.9. The number of aryl methyl sites for hydroxylation is 2. The van der Waals surface area contributed by atoms with Crippen LogP contribution in [-0.4, -0.2) is 87.4 Å². The highest BCUT2D eigenvalue weighted by Crippen LogP contribution is 2.60. The molecule has 62 heavy (non-hydrogen) atoms. The van der Waals surface area contributed by atoms with E-state index in [1.807, 2.05) is 55.5 Å². The summed E-state index contributed by atoms with van der Waals surface area (Å²) in [6.45, 7) is 5.17. The molecule has 1 atom stereocenters. The van der Waals surface area contributed by atoms with Crippen molar-refractivity contribution in [2.24, 2.45) is 10.8 Å². The van der Waals surface area contributed by atoms with Crippen molar-refractivity contribution in [2.45, 2.75) is 57.2 Å². The molecular formula is C44H42Cl2F5N7O4. The van der Waals surface area contributed by atoms with Gasteiger partial charge in [0.1, 0.15) is 5.41 Å². The fourth-order valence-corrected chi connectivity index (χ4v) is 8.33. The fourth-order valence-electron chi connectivity index (χ4n) is 8.03. The number of amides is 3. The molecule has 2 aliphatic heterocycles. The summed E-state index contributed by atoms with van der Waals surface area (Å²) < 4.78 is 80.1. The number of hydrogen-bond donors (Lipinski definition) is 0. The van der Waals surface area contributed by atoms with Gasteiger partial charge in [-0.3, -0.25) is 19.1 Å². The van der Waals surface area contributed by atoms with E-state index in [1.165, 1.54) is 22.1 Å². The standard InChI is InChI=1S/C41H36Cl2F5N7O4.C3H6/c1-52(24-56)30-4-2-3-26(15-30)8-5-25-6-9-27(10-7-25)18-55-19-28(17-49-55)35(57)53-20-31(38(21-53)22-54(23-38)37(58)39(13-14-39)41(46,47)48)34-50-51-36(59-34)40(44,45)29-11-12-32(42)33(43)16-29;1-3-2/h2-4,6-7,9-12,15-17,19,24,31H,5,8,13-14,18,20-23H2,1H3;3H,1H2,2H3. The number of benzene rings is 3. The lowest BCUT2D eigenvalue weighted by Gasteiger charge is -2.51. The van der Waals surface area contributed by atoms with E-state index in [-0.39, 0.29) is 60.5 Å². The molecule has 1 unspecified atom stereocenters. The van der Waals surface area contributed by atoms with Crippen LogP contribution in [0.2, 0.25) is 10.0 Å². The first-order valence-corrected chi connectivity index (χ1v) is 20.5. The van der Waals surface area contributed by atoms with Crippen LogP contribution in [0.4, 0.5) is 27.6 Å². The van der Waals surface area contributed by atoms with Gasteiger partial charge in [0.15, 0.2) is 0 Å². The van der Waals surface area contributed by atoms with Crippen LogP contribution in [0.5, 0.6) is 0 Å². The summed E-state index contributed by atoms with van der Waals surface area (Å²) in [5.74, 6) is -7.44. The number of likely N-dealkylation sites (tertiary alicyclic amines) is 2. The molecule has 3 aliphatic rings. The van der Waals surface area contributed by atoms with E-state index >= 15 is 8.78 Å². The predicted octanol–water partition coefficient (Wildman–Crippen LogP) is 8.74.